The van der Waals surface area contributed by atoms with Gasteiger partial charge in [-0.2, -0.15) is 0 Å². The van der Waals surface area contributed by atoms with Crippen molar-refractivity contribution in [2.24, 2.45) is 5.73 Å². The van der Waals surface area contributed by atoms with Crippen LogP contribution in [0.2, 0.25) is 0 Å². The van der Waals surface area contributed by atoms with Gasteiger partial charge in [0.25, 0.3) is 0 Å². The average Bonchev–Trinajstić information content (AvgIpc) is 2.76. The lowest BCUT2D eigenvalue weighted by Gasteiger charge is -2.18. The van der Waals surface area contributed by atoms with Gasteiger partial charge in [0.1, 0.15) is 12.7 Å². The molecule has 7 nitrogen and oxygen atoms in total. The maximum atomic E-state index is 11.6. The number of halogens is 1. The molecule has 0 aliphatic heterocycles. The summed E-state index contributed by atoms with van der Waals surface area (Å²) in [4.78, 5) is 22.6. The van der Waals surface area contributed by atoms with Crippen LogP contribution in [-0.2, 0) is 14.3 Å². The number of hydrogen-bond acceptors (Lipinski definition) is 5. The molecule has 0 saturated heterocycles. The number of carbonyl (C=O) groups is 2. The zero-order valence-corrected chi connectivity index (χ0v) is 22.8. The van der Waals surface area contributed by atoms with Gasteiger partial charge in [-0.1, -0.05) is 103 Å². The number of primary amides is 1. The Bertz CT molecular complexity index is 441. The van der Waals surface area contributed by atoms with Gasteiger partial charge in [0.05, 0.1) is 0 Å². The lowest BCUT2D eigenvalue weighted by Crippen LogP contribution is -2.43. The molecule has 0 fully saturated rings. The highest BCUT2D eigenvalue weighted by Gasteiger charge is 2.25. The number of aliphatic hydroxyl groups excluding tert-OH is 1. The van der Waals surface area contributed by atoms with Gasteiger partial charge < -0.3 is 25.6 Å². The molecule has 2 atom stereocenters. The first-order valence-corrected chi connectivity index (χ1v) is 12.4. The van der Waals surface area contributed by atoms with Gasteiger partial charge >= 0.3 is 6.09 Å². The first-order chi connectivity index (χ1) is 15.0. The minimum absolute atomic E-state index is 0. The van der Waals surface area contributed by atoms with Crippen molar-refractivity contribution in [2.75, 3.05) is 20.3 Å². The Balaban J connectivity index is 0. The SMILES string of the molecule is CCCCCCCCCCCCCCCCCCNC(=O)OCC(OC)C(O)C(N)=O.I. The number of hydrogen-bond donors (Lipinski definition) is 3. The van der Waals surface area contributed by atoms with E-state index in [1.165, 1.54) is 97.0 Å². The molecule has 8 heteroatoms. The van der Waals surface area contributed by atoms with Gasteiger partial charge in [0.15, 0.2) is 6.10 Å². The van der Waals surface area contributed by atoms with Crippen LogP contribution in [0.4, 0.5) is 4.79 Å². The molecule has 2 unspecified atom stereocenters. The van der Waals surface area contributed by atoms with E-state index in [4.69, 9.17) is 15.2 Å². The predicted octanol–water partition coefficient (Wildman–Crippen LogP) is 5.45. The van der Waals surface area contributed by atoms with Crippen molar-refractivity contribution in [1.29, 1.82) is 0 Å². The molecule has 0 rings (SSSR count). The molecular formula is C24H49IN2O5. The number of aliphatic hydroxyl groups is 1. The summed E-state index contributed by atoms with van der Waals surface area (Å²) in [6.45, 7) is 2.58. The van der Waals surface area contributed by atoms with E-state index in [0.29, 0.717) is 6.54 Å². The van der Waals surface area contributed by atoms with Gasteiger partial charge in [0, 0.05) is 13.7 Å². The van der Waals surface area contributed by atoms with Gasteiger partial charge in [-0.15, -0.1) is 24.0 Å². The average molecular weight is 573 g/mol. The molecule has 0 aromatic heterocycles. The van der Waals surface area contributed by atoms with Crippen molar-refractivity contribution in [3.05, 3.63) is 0 Å². The molecule has 0 aromatic rings. The summed E-state index contributed by atoms with van der Waals surface area (Å²) in [5.41, 5.74) is 5.00. The summed E-state index contributed by atoms with van der Waals surface area (Å²) in [7, 11) is 1.31. The fourth-order valence-corrected chi connectivity index (χ4v) is 3.54. The van der Waals surface area contributed by atoms with E-state index in [9.17, 15) is 14.7 Å². The topological polar surface area (TPSA) is 111 Å². The van der Waals surface area contributed by atoms with Gasteiger partial charge in [-0.3, -0.25) is 4.79 Å². The molecule has 0 aromatic carbocycles. The highest BCUT2D eigenvalue weighted by molar-refractivity contribution is 14.0. The summed E-state index contributed by atoms with van der Waals surface area (Å²) in [6, 6.07) is 0. The number of amides is 2. The molecule has 0 heterocycles. The summed E-state index contributed by atoms with van der Waals surface area (Å²) in [5.74, 6) is -0.913. The Kier molecular flexibility index (Phi) is 26.2. The molecule has 0 aliphatic carbocycles. The number of ether oxygens (including phenoxy) is 2. The molecule has 0 spiro atoms. The fraction of sp³-hybridized carbons (Fsp3) is 0.917. The number of methoxy groups -OCH3 is 1. The van der Waals surface area contributed by atoms with Crippen LogP contribution in [0.15, 0.2) is 0 Å². The first-order valence-electron chi connectivity index (χ1n) is 12.4. The number of nitrogens with two attached hydrogens (primary N) is 1. The normalized spacial score (nSPS) is 12.6. The molecular weight excluding hydrogens is 523 g/mol. The third-order valence-corrected chi connectivity index (χ3v) is 5.62. The quantitative estimate of drug-likeness (QED) is 0.118. The van der Waals surface area contributed by atoms with Crippen molar-refractivity contribution in [2.45, 2.75) is 122 Å². The first kappa shape index (κ1) is 33.6. The second-order valence-electron chi connectivity index (χ2n) is 8.45. The standard InChI is InChI=1S/C24H48N2O5.HI/c1-3-4-5-6-7-8-9-10-11-12-13-14-15-16-17-18-19-26-24(29)31-20-21(30-2)22(27)23(25)28;/h21-22,27H,3-20H2,1-2H3,(H2,25,28)(H,26,29);1H. The van der Waals surface area contributed by atoms with Crippen LogP contribution in [-0.4, -0.2) is 49.6 Å². The number of carbonyl (C=O) groups excluding carboxylic acids is 2. The second kappa shape index (κ2) is 25.0. The summed E-state index contributed by atoms with van der Waals surface area (Å²) >= 11 is 0. The lowest BCUT2D eigenvalue weighted by atomic mass is 10.0. The van der Waals surface area contributed by atoms with E-state index < -0.39 is 24.2 Å². The molecule has 0 radical (unpaired) electrons. The van der Waals surface area contributed by atoms with Crippen molar-refractivity contribution >= 4 is 36.0 Å². The Hall–Kier alpha value is -0.610. The lowest BCUT2D eigenvalue weighted by molar-refractivity contribution is -0.135. The van der Waals surface area contributed by atoms with Crippen molar-refractivity contribution in [3.8, 4) is 0 Å². The Morgan fingerprint density at radius 1 is 0.812 bits per heavy atom. The van der Waals surface area contributed by atoms with Crippen LogP contribution in [0.3, 0.4) is 0 Å². The third-order valence-electron chi connectivity index (χ3n) is 5.62. The van der Waals surface area contributed by atoms with Crippen LogP contribution < -0.4 is 11.1 Å². The number of nitrogens with one attached hydrogen (secondary N) is 1. The molecule has 2 amide bonds. The summed E-state index contributed by atoms with van der Waals surface area (Å²) < 4.78 is 9.86. The van der Waals surface area contributed by atoms with Gasteiger partial charge in [-0.05, 0) is 6.42 Å². The zero-order chi connectivity index (χ0) is 23.2. The number of rotatable bonds is 22. The highest BCUT2D eigenvalue weighted by Crippen LogP contribution is 2.13. The molecule has 32 heavy (non-hydrogen) atoms. The monoisotopic (exact) mass is 572 g/mol. The van der Waals surface area contributed by atoms with Gasteiger partial charge in [-0.25, -0.2) is 4.79 Å². The minimum Gasteiger partial charge on any atom is -0.447 e. The van der Waals surface area contributed by atoms with E-state index in [1.807, 2.05) is 0 Å². The van der Waals surface area contributed by atoms with E-state index in [-0.39, 0.29) is 30.6 Å². The van der Waals surface area contributed by atoms with Crippen molar-refractivity contribution < 1.29 is 24.2 Å². The molecule has 0 aliphatic rings. The van der Waals surface area contributed by atoms with E-state index in [1.54, 1.807) is 0 Å². The van der Waals surface area contributed by atoms with Crippen LogP contribution in [0.25, 0.3) is 0 Å². The van der Waals surface area contributed by atoms with Crippen LogP contribution >= 0.6 is 24.0 Å². The fourth-order valence-electron chi connectivity index (χ4n) is 3.54. The minimum atomic E-state index is -1.50. The summed E-state index contributed by atoms with van der Waals surface area (Å²) in [5, 5.41) is 12.2. The van der Waals surface area contributed by atoms with Crippen LogP contribution in [0.5, 0.6) is 0 Å². The second-order valence-corrected chi connectivity index (χ2v) is 8.45. The maximum Gasteiger partial charge on any atom is 0.407 e. The van der Waals surface area contributed by atoms with E-state index in [0.717, 1.165) is 12.8 Å². The zero-order valence-electron chi connectivity index (χ0n) is 20.4. The molecule has 4 N–H and O–H groups in total. The number of alkyl carbamates (subject to hydrolysis) is 1. The number of unbranched alkanes of at least 4 members (excludes halogenated alkanes) is 15. The Morgan fingerprint density at radius 2 is 1.22 bits per heavy atom. The van der Waals surface area contributed by atoms with Crippen molar-refractivity contribution in [1.82, 2.24) is 5.32 Å². The maximum absolute atomic E-state index is 11.6. The Morgan fingerprint density at radius 3 is 1.59 bits per heavy atom. The summed E-state index contributed by atoms with van der Waals surface area (Å²) in [6.07, 6.45) is 17.9. The molecule has 0 bridgehead atoms. The predicted molar refractivity (Wildman–Crippen MR) is 140 cm³/mol. The third kappa shape index (κ3) is 21.2. The highest BCUT2D eigenvalue weighted by atomic mass is 127. The smallest absolute Gasteiger partial charge is 0.407 e. The van der Waals surface area contributed by atoms with Crippen LogP contribution in [0.1, 0.15) is 110 Å². The van der Waals surface area contributed by atoms with Crippen LogP contribution in [0, 0.1) is 0 Å². The van der Waals surface area contributed by atoms with Gasteiger partial charge in [0.2, 0.25) is 5.91 Å². The van der Waals surface area contributed by atoms with Crippen molar-refractivity contribution in [3.63, 3.8) is 0 Å². The largest absolute Gasteiger partial charge is 0.447 e. The Labute approximate surface area is 213 Å². The molecule has 192 valence electrons. The van der Waals surface area contributed by atoms with E-state index >= 15 is 0 Å². The molecule has 0 saturated carbocycles. The van der Waals surface area contributed by atoms with E-state index in [2.05, 4.69) is 12.2 Å².